The number of carbonyl (C=O) groups is 1. The number of carboxylic acid groups (broad SMARTS) is 1. The average molecular weight is 517 g/mol. The second-order valence-corrected chi connectivity index (χ2v) is 9.93. The molecular formula is C27H29ClO8. The molecule has 2 unspecified atom stereocenters. The predicted octanol–water partition coefficient (Wildman–Crippen LogP) is 4.84. The molecule has 3 aliphatic rings. The third-order valence-electron chi connectivity index (χ3n) is 6.85. The van der Waals surface area contributed by atoms with Crippen molar-refractivity contribution in [3.8, 4) is 28.6 Å². The van der Waals surface area contributed by atoms with E-state index in [0.29, 0.717) is 72.6 Å². The third-order valence-corrected chi connectivity index (χ3v) is 7.46. The highest BCUT2D eigenvalue weighted by Gasteiger charge is 2.58. The van der Waals surface area contributed by atoms with Gasteiger partial charge in [0.15, 0.2) is 16.9 Å². The first kappa shape index (κ1) is 24.7. The second kappa shape index (κ2) is 9.82. The maximum atomic E-state index is 13.0. The summed E-state index contributed by atoms with van der Waals surface area (Å²) in [5.74, 6) is 1.34. The molecule has 0 radical (unpaired) electrons. The molecule has 5 rings (SSSR count). The summed E-state index contributed by atoms with van der Waals surface area (Å²) >= 11 is 6.76. The molecule has 8 nitrogen and oxygen atoms in total. The molecule has 1 aromatic carbocycles. The lowest BCUT2D eigenvalue weighted by atomic mass is 9.82. The fourth-order valence-electron chi connectivity index (χ4n) is 4.72. The van der Waals surface area contributed by atoms with Crippen LogP contribution in [-0.2, 0) is 14.4 Å². The van der Waals surface area contributed by atoms with Crippen LogP contribution in [0, 0.1) is 11.8 Å². The molecule has 192 valence electrons. The van der Waals surface area contributed by atoms with Crippen LogP contribution >= 0.6 is 11.6 Å². The van der Waals surface area contributed by atoms with Gasteiger partial charge in [-0.15, -0.1) is 11.6 Å². The van der Waals surface area contributed by atoms with Gasteiger partial charge in [0.05, 0.1) is 43.0 Å². The van der Waals surface area contributed by atoms with Gasteiger partial charge in [-0.05, 0) is 39.2 Å². The van der Waals surface area contributed by atoms with Gasteiger partial charge >= 0.3 is 5.97 Å². The summed E-state index contributed by atoms with van der Waals surface area (Å²) in [5, 5.41) is 9.02. The summed E-state index contributed by atoms with van der Waals surface area (Å²) < 4.78 is 29.6. The van der Waals surface area contributed by atoms with Crippen LogP contribution < -0.4 is 19.6 Å². The molecule has 0 amide bonds. The molecule has 36 heavy (non-hydrogen) atoms. The van der Waals surface area contributed by atoms with Gasteiger partial charge in [0.1, 0.15) is 28.8 Å². The fourth-order valence-corrected chi connectivity index (χ4v) is 5.10. The highest BCUT2D eigenvalue weighted by atomic mass is 35.5. The van der Waals surface area contributed by atoms with Crippen molar-refractivity contribution in [1.29, 1.82) is 0 Å². The van der Waals surface area contributed by atoms with E-state index in [0.717, 1.165) is 6.42 Å². The molecule has 2 atom stereocenters. The van der Waals surface area contributed by atoms with Crippen molar-refractivity contribution in [3.05, 3.63) is 45.8 Å². The summed E-state index contributed by atoms with van der Waals surface area (Å²) in [6, 6.07) is 4.92. The van der Waals surface area contributed by atoms with Gasteiger partial charge < -0.3 is 28.5 Å². The summed E-state index contributed by atoms with van der Waals surface area (Å²) in [6.07, 6.45) is 5.42. The number of aliphatic carboxylic acids is 1. The van der Waals surface area contributed by atoms with Crippen molar-refractivity contribution in [1.82, 2.24) is 0 Å². The van der Waals surface area contributed by atoms with E-state index in [2.05, 4.69) is 0 Å². The van der Waals surface area contributed by atoms with E-state index in [9.17, 15) is 9.59 Å². The molecule has 1 N–H and O–H groups in total. The zero-order valence-electron chi connectivity index (χ0n) is 20.3. The summed E-state index contributed by atoms with van der Waals surface area (Å²) in [4.78, 5) is 23.3. The lowest BCUT2D eigenvalue weighted by Crippen LogP contribution is -2.37. The topological polar surface area (TPSA) is 104 Å². The van der Waals surface area contributed by atoms with E-state index in [1.54, 1.807) is 18.2 Å². The van der Waals surface area contributed by atoms with Gasteiger partial charge in [0, 0.05) is 18.1 Å². The first-order valence-corrected chi connectivity index (χ1v) is 12.7. The maximum Gasteiger partial charge on any atom is 0.306 e. The standard InChI is InChI=1S/C27H29ClO8/c1-3-32-23-11-19(22-12-20(29)18-6-5-16-14-27(16,28)25(18)36-22)21(13-24(23)33-4-2)35-8-7-34-17-9-15(10-17)26(30)31/h5-6,11-13,15-17H,3-4,7-10,14H2,1-2H3,(H,30,31). The molecule has 9 heteroatoms. The minimum Gasteiger partial charge on any atom is -0.490 e. The monoisotopic (exact) mass is 516 g/mol. The van der Waals surface area contributed by atoms with Crippen LogP contribution in [0.1, 0.15) is 44.4 Å². The molecule has 1 aromatic heterocycles. The average Bonchev–Trinajstić information content (AvgIpc) is 3.51. The Hall–Kier alpha value is -2.97. The maximum absolute atomic E-state index is 13.0. The van der Waals surface area contributed by atoms with Crippen molar-refractivity contribution >= 4 is 23.6 Å². The molecule has 0 aliphatic heterocycles. The molecule has 0 spiro atoms. The Kier molecular flexibility index (Phi) is 6.74. The first-order chi connectivity index (χ1) is 17.3. The number of ether oxygens (including phenoxy) is 4. The fraction of sp³-hybridized carbons (Fsp3) is 0.481. The van der Waals surface area contributed by atoms with Crippen molar-refractivity contribution < 1.29 is 33.3 Å². The van der Waals surface area contributed by atoms with E-state index in [1.807, 2.05) is 19.9 Å². The molecule has 0 bridgehead atoms. The van der Waals surface area contributed by atoms with Crippen molar-refractivity contribution in [2.75, 3.05) is 26.4 Å². The Morgan fingerprint density at radius 2 is 1.81 bits per heavy atom. The number of halogens is 1. The molecule has 2 saturated carbocycles. The minimum atomic E-state index is -0.785. The number of carboxylic acids is 1. The van der Waals surface area contributed by atoms with Gasteiger partial charge in [-0.1, -0.05) is 12.2 Å². The third kappa shape index (κ3) is 4.60. The largest absolute Gasteiger partial charge is 0.490 e. The van der Waals surface area contributed by atoms with Gasteiger partial charge in [-0.2, -0.15) is 0 Å². The van der Waals surface area contributed by atoms with E-state index < -0.39 is 10.8 Å². The van der Waals surface area contributed by atoms with Gasteiger partial charge in [0.2, 0.25) is 0 Å². The normalized spacial score (nSPS) is 25.4. The van der Waals surface area contributed by atoms with Gasteiger partial charge in [0.25, 0.3) is 0 Å². The second-order valence-electron chi connectivity index (χ2n) is 9.26. The van der Waals surface area contributed by atoms with E-state index in [4.69, 9.17) is 40.1 Å². The number of hydrogen-bond acceptors (Lipinski definition) is 7. The highest BCUT2D eigenvalue weighted by molar-refractivity contribution is 6.26. The van der Waals surface area contributed by atoms with Crippen LogP contribution in [0.25, 0.3) is 17.4 Å². The van der Waals surface area contributed by atoms with E-state index >= 15 is 0 Å². The first-order valence-electron chi connectivity index (χ1n) is 12.3. The van der Waals surface area contributed by atoms with E-state index in [-0.39, 0.29) is 30.0 Å². The van der Waals surface area contributed by atoms with Crippen LogP contribution in [-0.4, -0.2) is 43.6 Å². The molecule has 1 heterocycles. The highest BCUT2D eigenvalue weighted by Crippen LogP contribution is 2.61. The number of alkyl halides is 1. The van der Waals surface area contributed by atoms with Crippen LogP contribution in [0.2, 0.25) is 0 Å². The SMILES string of the molecule is CCOc1cc(OCCOC2CC(C(=O)O)C2)c(-c2cc(=O)c3c(o2)C2(Cl)CC2C=C3)cc1OCC. The molecule has 2 aromatic rings. The molecular weight excluding hydrogens is 488 g/mol. The number of rotatable bonds is 11. The number of fused-ring (bicyclic) bond motifs is 3. The van der Waals surface area contributed by atoms with Crippen molar-refractivity contribution in [2.45, 2.75) is 44.1 Å². The molecule has 2 fully saturated rings. The Bertz CT molecular complexity index is 1250. The van der Waals surface area contributed by atoms with Crippen molar-refractivity contribution in [3.63, 3.8) is 0 Å². The van der Waals surface area contributed by atoms with Crippen LogP contribution in [0.4, 0.5) is 0 Å². The Morgan fingerprint density at radius 3 is 2.50 bits per heavy atom. The van der Waals surface area contributed by atoms with E-state index in [1.165, 1.54) is 6.07 Å². The Balaban J connectivity index is 1.42. The summed E-state index contributed by atoms with van der Waals surface area (Å²) in [7, 11) is 0. The number of benzene rings is 1. The Labute approximate surface area is 213 Å². The van der Waals surface area contributed by atoms with Gasteiger partial charge in [-0.25, -0.2) is 0 Å². The van der Waals surface area contributed by atoms with Crippen molar-refractivity contribution in [2.24, 2.45) is 11.8 Å². The zero-order chi connectivity index (χ0) is 25.4. The van der Waals surface area contributed by atoms with Gasteiger partial charge in [-0.3, -0.25) is 9.59 Å². The predicted molar refractivity (Wildman–Crippen MR) is 133 cm³/mol. The summed E-state index contributed by atoms with van der Waals surface area (Å²) in [5.41, 5.74) is 0.852. The minimum absolute atomic E-state index is 0.0772. The van der Waals surface area contributed by atoms with Crippen LogP contribution in [0.3, 0.4) is 0 Å². The van der Waals surface area contributed by atoms with Crippen LogP contribution in [0.15, 0.2) is 33.5 Å². The number of allylic oxidation sites excluding steroid dienone is 1. The quantitative estimate of drug-likeness (QED) is 0.334. The van der Waals surface area contributed by atoms with Crippen LogP contribution in [0.5, 0.6) is 17.2 Å². The smallest absolute Gasteiger partial charge is 0.306 e. The molecule has 0 saturated heterocycles. The lowest BCUT2D eigenvalue weighted by Gasteiger charge is -2.32. The molecule has 3 aliphatic carbocycles. The summed E-state index contributed by atoms with van der Waals surface area (Å²) in [6.45, 7) is 5.13. The lowest BCUT2D eigenvalue weighted by molar-refractivity contribution is -0.151. The number of hydrogen-bond donors (Lipinski definition) is 1. The zero-order valence-corrected chi connectivity index (χ0v) is 21.0. The Morgan fingerprint density at radius 1 is 1.08 bits per heavy atom.